The number of hydrogen-bond donors (Lipinski definition) is 3. The van der Waals surface area contributed by atoms with Crippen molar-refractivity contribution in [3.63, 3.8) is 0 Å². The van der Waals surface area contributed by atoms with Gasteiger partial charge in [0, 0.05) is 24.2 Å². The number of fused-ring (bicyclic) bond motifs is 1. The van der Waals surface area contributed by atoms with Gasteiger partial charge in [-0.25, -0.2) is 0 Å². The highest BCUT2D eigenvalue weighted by Gasteiger charge is 2.32. The molecule has 2 aromatic carbocycles. The van der Waals surface area contributed by atoms with Crippen molar-refractivity contribution < 1.29 is 19.1 Å². The molecule has 0 saturated heterocycles. The van der Waals surface area contributed by atoms with E-state index in [1.807, 2.05) is 13.0 Å². The number of benzene rings is 2. The van der Waals surface area contributed by atoms with E-state index in [2.05, 4.69) is 16.0 Å². The first kappa shape index (κ1) is 19.4. The van der Waals surface area contributed by atoms with Gasteiger partial charge in [-0.05, 0) is 42.3 Å². The Bertz CT molecular complexity index is 939. The summed E-state index contributed by atoms with van der Waals surface area (Å²) in [6.45, 7) is 3.63. The fourth-order valence-electron chi connectivity index (χ4n) is 3.21. The third-order valence-electron chi connectivity index (χ3n) is 4.71. The van der Waals surface area contributed by atoms with Gasteiger partial charge in [0.25, 0.3) is 0 Å². The second-order valence-electron chi connectivity index (χ2n) is 6.65. The normalized spacial score (nSPS) is 15.2. The van der Waals surface area contributed by atoms with Gasteiger partial charge in [-0.3, -0.25) is 14.4 Å². The molecule has 2 aromatic rings. The Hall–Kier alpha value is -3.35. The van der Waals surface area contributed by atoms with Crippen molar-refractivity contribution in [2.75, 3.05) is 23.1 Å². The minimum absolute atomic E-state index is 0.0652. The van der Waals surface area contributed by atoms with Gasteiger partial charge in [-0.2, -0.15) is 0 Å². The average molecular weight is 381 g/mol. The molecule has 0 aliphatic carbocycles. The molecule has 3 N–H and O–H groups in total. The number of carbonyl (C=O) groups excluding carboxylic acids is 3. The molecule has 1 aliphatic heterocycles. The molecule has 1 aliphatic rings. The van der Waals surface area contributed by atoms with Crippen LogP contribution in [0.3, 0.4) is 0 Å². The van der Waals surface area contributed by atoms with Gasteiger partial charge < -0.3 is 20.7 Å². The number of ether oxygens (including phenoxy) is 1. The second-order valence-corrected chi connectivity index (χ2v) is 6.65. The topological polar surface area (TPSA) is 96.5 Å². The van der Waals surface area contributed by atoms with E-state index in [-0.39, 0.29) is 24.1 Å². The summed E-state index contributed by atoms with van der Waals surface area (Å²) in [5, 5.41) is 8.48. The van der Waals surface area contributed by atoms with Crippen LogP contribution in [-0.4, -0.2) is 24.8 Å². The first-order chi connectivity index (χ1) is 13.4. The molecule has 0 saturated carbocycles. The zero-order chi connectivity index (χ0) is 20.3. The molecule has 0 fully saturated rings. The number of nitrogens with one attached hydrogen (secondary N) is 3. The van der Waals surface area contributed by atoms with Gasteiger partial charge in [-0.15, -0.1) is 0 Å². The Morgan fingerprint density at radius 2 is 2.00 bits per heavy atom. The molecule has 1 atom stereocenters. The quantitative estimate of drug-likeness (QED) is 0.739. The van der Waals surface area contributed by atoms with E-state index in [4.69, 9.17) is 4.74 Å². The predicted octanol–water partition coefficient (Wildman–Crippen LogP) is 3.42. The monoisotopic (exact) mass is 381 g/mol. The van der Waals surface area contributed by atoms with E-state index in [9.17, 15) is 14.4 Å². The minimum Gasteiger partial charge on any atom is -0.495 e. The number of aryl methyl sites for hydroxylation is 1. The molecule has 3 amide bonds. The lowest BCUT2D eigenvalue weighted by atomic mass is 9.89. The molecular weight excluding hydrogens is 358 g/mol. The number of methoxy groups -OCH3 is 1. The summed E-state index contributed by atoms with van der Waals surface area (Å²) in [5.74, 6) is -0.660. The molecule has 1 unspecified atom stereocenters. The molecule has 7 heteroatoms. The number of amides is 3. The summed E-state index contributed by atoms with van der Waals surface area (Å²) in [6, 6.07) is 10.6. The van der Waals surface area contributed by atoms with Gasteiger partial charge in [0.1, 0.15) is 5.75 Å². The summed E-state index contributed by atoms with van der Waals surface area (Å²) in [6.07, 6.45) is 0.458. The lowest BCUT2D eigenvalue weighted by Crippen LogP contribution is -2.31. The highest BCUT2D eigenvalue weighted by molar-refractivity contribution is 6.06. The molecule has 0 aromatic heterocycles. The molecule has 146 valence electrons. The fourth-order valence-corrected chi connectivity index (χ4v) is 3.21. The highest BCUT2D eigenvalue weighted by Crippen LogP contribution is 2.39. The summed E-state index contributed by atoms with van der Waals surface area (Å²) in [7, 11) is 1.52. The molecule has 1 heterocycles. The van der Waals surface area contributed by atoms with Gasteiger partial charge in [0.05, 0.1) is 18.7 Å². The van der Waals surface area contributed by atoms with Crippen molar-refractivity contribution in [2.45, 2.75) is 32.6 Å². The lowest BCUT2D eigenvalue weighted by molar-refractivity contribution is -0.123. The molecule has 3 rings (SSSR count). The Kier molecular flexibility index (Phi) is 5.63. The third kappa shape index (κ3) is 3.98. The van der Waals surface area contributed by atoms with Crippen LogP contribution in [-0.2, 0) is 14.4 Å². The van der Waals surface area contributed by atoms with Gasteiger partial charge >= 0.3 is 0 Å². The Balaban J connectivity index is 1.82. The molecule has 7 nitrogen and oxygen atoms in total. The highest BCUT2D eigenvalue weighted by atomic mass is 16.5. The van der Waals surface area contributed by atoms with Crippen LogP contribution in [0, 0.1) is 6.92 Å². The number of anilines is 3. The lowest BCUT2D eigenvalue weighted by Gasteiger charge is -2.26. The summed E-state index contributed by atoms with van der Waals surface area (Å²) < 4.78 is 5.30. The predicted molar refractivity (Wildman–Crippen MR) is 108 cm³/mol. The summed E-state index contributed by atoms with van der Waals surface area (Å²) in [5.41, 5.74) is 3.38. The van der Waals surface area contributed by atoms with Crippen LogP contribution in [0.25, 0.3) is 0 Å². The molecule has 0 bridgehead atoms. The zero-order valence-electron chi connectivity index (χ0n) is 16.1. The summed E-state index contributed by atoms with van der Waals surface area (Å²) >= 11 is 0. The zero-order valence-corrected chi connectivity index (χ0v) is 16.1. The number of carbonyl (C=O) groups is 3. The van der Waals surface area contributed by atoms with Crippen LogP contribution in [0.4, 0.5) is 17.1 Å². The maximum Gasteiger partial charge on any atom is 0.232 e. The largest absolute Gasteiger partial charge is 0.495 e. The Morgan fingerprint density at radius 3 is 2.68 bits per heavy atom. The van der Waals surface area contributed by atoms with E-state index >= 15 is 0 Å². The fraction of sp³-hybridized carbons (Fsp3) is 0.286. The number of hydrogen-bond acceptors (Lipinski definition) is 4. The van der Waals surface area contributed by atoms with Crippen LogP contribution in [0.15, 0.2) is 36.4 Å². The smallest absolute Gasteiger partial charge is 0.232 e. The van der Waals surface area contributed by atoms with E-state index in [1.165, 1.54) is 7.11 Å². The van der Waals surface area contributed by atoms with E-state index < -0.39 is 5.92 Å². The Morgan fingerprint density at radius 1 is 1.21 bits per heavy atom. The van der Waals surface area contributed by atoms with Crippen LogP contribution in [0.2, 0.25) is 0 Å². The van der Waals surface area contributed by atoms with Crippen molar-refractivity contribution in [3.8, 4) is 5.75 Å². The number of rotatable bonds is 5. The van der Waals surface area contributed by atoms with E-state index in [1.54, 1.807) is 37.3 Å². The average Bonchev–Trinajstić information content (AvgIpc) is 2.68. The first-order valence-electron chi connectivity index (χ1n) is 9.11. The van der Waals surface area contributed by atoms with Crippen LogP contribution in [0.1, 0.15) is 36.8 Å². The van der Waals surface area contributed by atoms with Crippen LogP contribution >= 0.6 is 0 Å². The van der Waals surface area contributed by atoms with Gasteiger partial charge in [0.2, 0.25) is 17.7 Å². The SMILES string of the molecule is CCC(=O)Nc1ccc(NC(=O)C2CC(=O)Nc3c(OC)cccc32)c(C)c1. The minimum atomic E-state index is -0.613. The van der Waals surface area contributed by atoms with Crippen molar-refractivity contribution in [1.82, 2.24) is 0 Å². The van der Waals surface area contributed by atoms with Crippen molar-refractivity contribution in [1.29, 1.82) is 0 Å². The van der Waals surface area contributed by atoms with Crippen molar-refractivity contribution in [3.05, 3.63) is 47.5 Å². The van der Waals surface area contributed by atoms with Gasteiger partial charge in [-0.1, -0.05) is 19.1 Å². The van der Waals surface area contributed by atoms with Crippen LogP contribution < -0.4 is 20.7 Å². The molecule has 0 radical (unpaired) electrons. The molecule has 0 spiro atoms. The molecule has 28 heavy (non-hydrogen) atoms. The first-order valence-corrected chi connectivity index (χ1v) is 9.11. The van der Waals surface area contributed by atoms with Gasteiger partial charge in [0.15, 0.2) is 0 Å². The number of para-hydroxylation sites is 1. The van der Waals surface area contributed by atoms with Crippen LogP contribution in [0.5, 0.6) is 5.75 Å². The maximum absolute atomic E-state index is 12.9. The van der Waals surface area contributed by atoms with E-state index in [0.717, 1.165) is 11.1 Å². The van der Waals surface area contributed by atoms with E-state index in [0.29, 0.717) is 29.2 Å². The van der Waals surface area contributed by atoms with Crippen molar-refractivity contribution in [2.24, 2.45) is 0 Å². The summed E-state index contributed by atoms with van der Waals surface area (Å²) in [4.78, 5) is 36.6. The third-order valence-corrected chi connectivity index (χ3v) is 4.71. The second kappa shape index (κ2) is 8.12. The van der Waals surface area contributed by atoms with Crippen molar-refractivity contribution >= 4 is 34.8 Å². The Labute approximate surface area is 163 Å². The maximum atomic E-state index is 12.9. The molecular formula is C21H23N3O4. The standard InChI is InChI=1S/C21H23N3O4/c1-4-18(25)22-13-8-9-16(12(2)10-13)23-21(27)15-11-19(26)24-20-14(15)6-5-7-17(20)28-3/h5-10,15H,4,11H2,1-3H3,(H,22,25)(H,23,27)(H,24,26).